The van der Waals surface area contributed by atoms with Crippen LogP contribution in [0, 0.1) is 0 Å². The third-order valence-corrected chi connectivity index (χ3v) is 2.36. The first-order valence-corrected chi connectivity index (χ1v) is 7.34. The molecule has 0 radical (unpaired) electrons. The molecule has 0 spiro atoms. The summed E-state index contributed by atoms with van der Waals surface area (Å²) in [6, 6.07) is 0. The van der Waals surface area contributed by atoms with E-state index in [0.29, 0.717) is 19.3 Å². The van der Waals surface area contributed by atoms with Gasteiger partial charge in [-0.2, -0.15) is 0 Å². The maximum Gasteiger partial charge on any atom is 0.306 e. The Labute approximate surface area is 119 Å². The number of rotatable bonds is 8. The van der Waals surface area contributed by atoms with Crippen LogP contribution in [0.3, 0.4) is 0 Å². The fourth-order valence-electron chi connectivity index (χ4n) is 1.01. The van der Waals surface area contributed by atoms with Crippen LogP contribution in [-0.4, -0.2) is 34.8 Å². The first-order valence-electron chi connectivity index (χ1n) is 5.51. The molecule has 2 atom stereocenters. The Bertz CT molecular complexity index is 218. The quantitative estimate of drug-likeness (QED) is 0.373. The molecule has 0 aromatic carbocycles. The second-order valence-electron chi connectivity index (χ2n) is 3.76. The molecule has 0 saturated heterocycles. The average molecular weight is 374 g/mol. The molecule has 0 aromatic rings. The van der Waals surface area contributed by atoms with Crippen LogP contribution >= 0.6 is 31.9 Å². The van der Waals surface area contributed by atoms with Crippen LogP contribution in [0.4, 0.5) is 0 Å². The van der Waals surface area contributed by atoms with Crippen LogP contribution in [0.1, 0.15) is 33.1 Å². The van der Waals surface area contributed by atoms with Gasteiger partial charge in [0.15, 0.2) is 0 Å². The molecule has 0 aromatic heterocycles. The molecule has 0 amide bonds. The molecule has 100 valence electrons. The van der Waals surface area contributed by atoms with Gasteiger partial charge in [-0.1, -0.05) is 45.7 Å². The molecule has 0 bridgehead atoms. The van der Waals surface area contributed by atoms with Gasteiger partial charge in [0.25, 0.3) is 0 Å². The Balaban J connectivity index is 3.40. The number of hydrogen-bond acceptors (Lipinski definition) is 4. The first-order chi connectivity index (χ1) is 7.91. The Morgan fingerprint density at radius 2 is 1.29 bits per heavy atom. The first kappa shape index (κ1) is 16.9. The van der Waals surface area contributed by atoms with Gasteiger partial charge in [0.2, 0.25) is 0 Å². The van der Waals surface area contributed by atoms with Gasteiger partial charge in [0.05, 0.1) is 26.1 Å². The Kier molecular flexibility index (Phi) is 9.82. The van der Waals surface area contributed by atoms with Gasteiger partial charge in [0, 0.05) is 16.1 Å². The van der Waals surface area contributed by atoms with E-state index in [1.807, 2.05) is 13.8 Å². The summed E-state index contributed by atoms with van der Waals surface area (Å²) in [7, 11) is 0. The van der Waals surface area contributed by atoms with Gasteiger partial charge in [0.1, 0.15) is 0 Å². The van der Waals surface area contributed by atoms with Crippen LogP contribution < -0.4 is 0 Å². The van der Waals surface area contributed by atoms with E-state index >= 15 is 0 Å². The summed E-state index contributed by atoms with van der Waals surface area (Å²) < 4.78 is 9.89. The van der Waals surface area contributed by atoms with E-state index in [1.54, 1.807) is 0 Å². The maximum atomic E-state index is 11.1. The molecule has 0 heterocycles. The maximum absolute atomic E-state index is 11.1. The minimum Gasteiger partial charge on any atom is -0.466 e. The monoisotopic (exact) mass is 372 g/mol. The predicted molar refractivity (Wildman–Crippen MR) is 72.5 cm³/mol. The molecule has 0 aliphatic rings. The molecule has 0 rings (SSSR count). The van der Waals surface area contributed by atoms with E-state index in [0.717, 1.165) is 0 Å². The summed E-state index contributed by atoms with van der Waals surface area (Å²) >= 11 is 6.53. The van der Waals surface area contributed by atoms with Gasteiger partial charge < -0.3 is 9.47 Å². The summed E-state index contributed by atoms with van der Waals surface area (Å²) in [6.07, 6.45) is 1.23. The van der Waals surface area contributed by atoms with Crippen molar-refractivity contribution in [2.45, 2.75) is 42.8 Å². The standard InChI is InChI=1S/C11H18Br2O4/c1-8(12)6-10(14)16-4-3-5-17-11(15)7-9(2)13/h8-9H,3-7H2,1-2H3. The van der Waals surface area contributed by atoms with Gasteiger partial charge >= 0.3 is 11.9 Å². The number of carbonyl (C=O) groups is 2. The smallest absolute Gasteiger partial charge is 0.306 e. The van der Waals surface area contributed by atoms with Gasteiger partial charge in [-0.3, -0.25) is 9.59 Å². The Hall–Kier alpha value is -0.100. The Morgan fingerprint density at radius 1 is 0.941 bits per heavy atom. The zero-order valence-corrected chi connectivity index (χ0v) is 13.3. The zero-order chi connectivity index (χ0) is 13.3. The predicted octanol–water partition coefficient (Wildman–Crippen LogP) is 2.81. The van der Waals surface area contributed by atoms with Crippen molar-refractivity contribution in [3.8, 4) is 0 Å². The summed E-state index contributed by atoms with van der Waals surface area (Å²) in [6.45, 7) is 4.33. The lowest BCUT2D eigenvalue weighted by atomic mass is 10.3. The van der Waals surface area contributed by atoms with Gasteiger partial charge in [-0.15, -0.1) is 0 Å². The molecule has 6 heteroatoms. The van der Waals surface area contributed by atoms with Crippen LogP contribution in [0.15, 0.2) is 0 Å². The topological polar surface area (TPSA) is 52.6 Å². The molecule has 0 fully saturated rings. The van der Waals surface area contributed by atoms with E-state index in [4.69, 9.17) is 9.47 Å². The van der Waals surface area contributed by atoms with Crippen LogP contribution in [0.25, 0.3) is 0 Å². The van der Waals surface area contributed by atoms with Crippen molar-refractivity contribution >= 4 is 43.8 Å². The van der Waals surface area contributed by atoms with E-state index in [9.17, 15) is 9.59 Å². The van der Waals surface area contributed by atoms with Crippen molar-refractivity contribution in [1.29, 1.82) is 0 Å². The number of alkyl halides is 2. The summed E-state index contributed by atoms with van der Waals surface area (Å²) in [5, 5.41) is 0. The molecule has 4 nitrogen and oxygen atoms in total. The highest BCUT2D eigenvalue weighted by atomic mass is 79.9. The molecule has 17 heavy (non-hydrogen) atoms. The molecule has 0 saturated carbocycles. The summed E-state index contributed by atoms with van der Waals surface area (Å²) in [5.74, 6) is -0.482. The number of halogens is 2. The van der Waals surface area contributed by atoms with E-state index in [1.165, 1.54) is 0 Å². The molecule has 0 aliphatic heterocycles. The van der Waals surface area contributed by atoms with Gasteiger partial charge in [-0.25, -0.2) is 0 Å². The van der Waals surface area contributed by atoms with Crippen LogP contribution in [0.5, 0.6) is 0 Å². The zero-order valence-electron chi connectivity index (χ0n) is 10.1. The fourth-order valence-corrected chi connectivity index (χ4v) is 1.54. The normalized spacial score (nSPS) is 13.9. The largest absolute Gasteiger partial charge is 0.466 e. The lowest BCUT2D eigenvalue weighted by Crippen LogP contribution is -2.13. The van der Waals surface area contributed by atoms with Crippen LogP contribution in [-0.2, 0) is 19.1 Å². The lowest BCUT2D eigenvalue weighted by Gasteiger charge is -2.07. The van der Waals surface area contributed by atoms with Crippen molar-refractivity contribution in [2.24, 2.45) is 0 Å². The molecular weight excluding hydrogens is 356 g/mol. The van der Waals surface area contributed by atoms with Crippen molar-refractivity contribution < 1.29 is 19.1 Å². The summed E-state index contributed by atoms with van der Waals surface area (Å²) in [4.78, 5) is 22.5. The minimum atomic E-state index is -0.241. The highest BCUT2D eigenvalue weighted by Gasteiger charge is 2.08. The van der Waals surface area contributed by atoms with Crippen LogP contribution in [0.2, 0.25) is 0 Å². The van der Waals surface area contributed by atoms with E-state index in [-0.39, 0.29) is 34.8 Å². The summed E-state index contributed by atoms with van der Waals surface area (Å²) in [5.41, 5.74) is 0. The second-order valence-corrected chi connectivity index (χ2v) is 6.89. The number of carbonyl (C=O) groups excluding carboxylic acids is 2. The van der Waals surface area contributed by atoms with Crippen molar-refractivity contribution in [3.05, 3.63) is 0 Å². The highest BCUT2D eigenvalue weighted by Crippen LogP contribution is 2.05. The SMILES string of the molecule is CC(Br)CC(=O)OCCCOC(=O)CC(C)Br. The third-order valence-electron chi connectivity index (χ3n) is 1.71. The molecule has 0 aliphatic carbocycles. The number of esters is 2. The molecule has 0 N–H and O–H groups in total. The average Bonchev–Trinajstić information content (AvgIpc) is 2.14. The van der Waals surface area contributed by atoms with Crippen molar-refractivity contribution in [1.82, 2.24) is 0 Å². The minimum absolute atomic E-state index is 0.119. The Morgan fingerprint density at radius 3 is 1.59 bits per heavy atom. The number of ether oxygens (including phenoxy) is 2. The van der Waals surface area contributed by atoms with Crippen molar-refractivity contribution in [2.75, 3.05) is 13.2 Å². The number of hydrogen-bond donors (Lipinski definition) is 0. The fraction of sp³-hybridized carbons (Fsp3) is 0.818. The third kappa shape index (κ3) is 12.2. The second kappa shape index (κ2) is 9.88. The lowest BCUT2D eigenvalue weighted by molar-refractivity contribution is -0.146. The molecular formula is C11H18Br2O4. The van der Waals surface area contributed by atoms with Crippen molar-refractivity contribution in [3.63, 3.8) is 0 Å². The highest BCUT2D eigenvalue weighted by molar-refractivity contribution is 9.09. The van der Waals surface area contributed by atoms with Gasteiger partial charge in [-0.05, 0) is 0 Å². The molecule has 2 unspecified atom stereocenters. The van der Waals surface area contributed by atoms with E-state index in [2.05, 4.69) is 31.9 Å². The van der Waals surface area contributed by atoms with E-state index < -0.39 is 0 Å².